The van der Waals surface area contributed by atoms with Crippen molar-refractivity contribution in [1.82, 2.24) is 10.2 Å². The van der Waals surface area contributed by atoms with Gasteiger partial charge < -0.3 is 15.0 Å². The second kappa shape index (κ2) is 9.88. The summed E-state index contributed by atoms with van der Waals surface area (Å²) in [6, 6.07) is 19.2. The van der Waals surface area contributed by atoms with E-state index in [-0.39, 0.29) is 11.8 Å². The zero-order valence-electron chi connectivity index (χ0n) is 15.5. The Labute approximate surface area is 160 Å². The number of aryl methyl sites for hydroxylation is 1. The van der Waals surface area contributed by atoms with E-state index in [2.05, 4.69) is 5.32 Å². The first kappa shape index (κ1) is 19.1. The predicted octanol–water partition coefficient (Wildman–Crippen LogP) is 2.21. The van der Waals surface area contributed by atoms with Crippen molar-refractivity contribution in [1.29, 1.82) is 0 Å². The summed E-state index contributed by atoms with van der Waals surface area (Å²) in [4.78, 5) is 27.3. The minimum atomic E-state index is -0.547. The molecular weight excluding hydrogens is 340 g/mol. The van der Waals surface area contributed by atoms with Gasteiger partial charge >= 0.3 is 0 Å². The molecule has 3 rings (SSSR count). The van der Waals surface area contributed by atoms with Gasteiger partial charge in [-0.2, -0.15) is 0 Å². The number of hydrogen-bond donors (Lipinski definition) is 1. The number of nitrogens with one attached hydrogen (secondary N) is 1. The molecule has 5 heteroatoms. The minimum Gasteiger partial charge on any atom is -0.378 e. The highest BCUT2D eigenvalue weighted by Crippen LogP contribution is 2.09. The summed E-state index contributed by atoms with van der Waals surface area (Å²) in [5.74, 6) is -0.128. The van der Waals surface area contributed by atoms with Crippen LogP contribution in [0.3, 0.4) is 0 Å². The molecule has 2 aromatic carbocycles. The second-order valence-corrected chi connectivity index (χ2v) is 6.73. The first-order chi connectivity index (χ1) is 13.2. The summed E-state index contributed by atoms with van der Waals surface area (Å²) in [6.45, 7) is 2.24. The Balaban J connectivity index is 1.63. The van der Waals surface area contributed by atoms with Gasteiger partial charge in [0, 0.05) is 25.9 Å². The van der Waals surface area contributed by atoms with Crippen molar-refractivity contribution < 1.29 is 14.3 Å². The molecule has 2 amide bonds. The molecule has 1 atom stereocenters. The first-order valence-electron chi connectivity index (χ1n) is 9.46. The van der Waals surface area contributed by atoms with E-state index in [0.29, 0.717) is 45.6 Å². The van der Waals surface area contributed by atoms with Crippen LogP contribution < -0.4 is 5.32 Å². The third-order valence-electron chi connectivity index (χ3n) is 4.72. The van der Waals surface area contributed by atoms with Crippen LogP contribution in [0.2, 0.25) is 0 Å². The number of morpholine rings is 1. The van der Waals surface area contributed by atoms with Crippen LogP contribution in [0.25, 0.3) is 0 Å². The molecule has 1 heterocycles. The van der Waals surface area contributed by atoms with E-state index in [1.165, 1.54) is 0 Å². The van der Waals surface area contributed by atoms with Crippen LogP contribution in [0.1, 0.15) is 17.5 Å². The van der Waals surface area contributed by atoms with Crippen molar-refractivity contribution in [3.05, 3.63) is 71.8 Å². The van der Waals surface area contributed by atoms with Gasteiger partial charge in [0.2, 0.25) is 11.8 Å². The molecule has 1 aliphatic rings. The average molecular weight is 366 g/mol. The number of benzene rings is 2. The standard InChI is InChI=1S/C22H26N2O3/c25-21(12-11-18-7-3-1-4-8-18)23-20(17-19-9-5-2-6-10-19)22(26)24-13-15-27-16-14-24/h1-10,20H,11-17H2,(H,23,25)/t20-/m0/s1. The predicted molar refractivity (Wildman–Crippen MR) is 104 cm³/mol. The molecule has 0 aromatic heterocycles. The highest BCUT2D eigenvalue weighted by Gasteiger charge is 2.27. The molecule has 0 bridgehead atoms. The quantitative estimate of drug-likeness (QED) is 0.817. The maximum absolute atomic E-state index is 13.0. The fraction of sp³-hybridized carbons (Fsp3) is 0.364. The van der Waals surface area contributed by atoms with Gasteiger partial charge in [0.05, 0.1) is 13.2 Å². The monoisotopic (exact) mass is 366 g/mol. The van der Waals surface area contributed by atoms with Crippen molar-refractivity contribution in [2.45, 2.75) is 25.3 Å². The van der Waals surface area contributed by atoms with Crippen LogP contribution >= 0.6 is 0 Å². The van der Waals surface area contributed by atoms with E-state index in [4.69, 9.17) is 4.74 Å². The number of carbonyl (C=O) groups is 2. The Morgan fingerprint density at radius 2 is 1.52 bits per heavy atom. The lowest BCUT2D eigenvalue weighted by Crippen LogP contribution is -2.52. The first-order valence-corrected chi connectivity index (χ1v) is 9.46. The molecule has 0 radical (unpaired) electrons. The molecule has 2 aromatic rings. The molecule has 1 N–H and O–H groups in total. The van der Waals surface area contributed by atoms with E-state index in [0.717, 1.165) is 11.1 Å². The minimum absolute atomic E-state index is 0.0322. The van der Waals surface area contributed by atoms with Crippen LogP contribution in [-0.4, -0.2) is 49.1 Å². The van der Waals surface area contributed by atoms with Crippen molar-refractivity contribution in [2.75, 3.05) is 26.3 Å². The summed E-state index contributed by atoms with van der Waals surface area (Å²) in [5.41, 5.74) is 2.15. The van der Waals surface area contributed by atoms with E-state index in [1.54, 1.807) is 4.90 Å². The maximum Gasteiger partial charge on any atom is 0.245 e. The lowest BCUT2D eigenvalue weighted by atomic mass is 10.0. The molecule has 1 fully saturated rings. The topological polar surface area (TPSA) is 58.6 Å². The van der Waals surface area contributed by atoms with E-state index in [1.807, 2.05) is 60.7 Å². The third kappa shape index (κ3) is 5.93. The molecule has 5 nitrogen and oxygen atoms in total. The van der Waals surface area contributed by atoms with Crippen LogP contribution in [0.4, 0.5) is 0 Å². The highest BCUT2D eigenvalue weighted by molar-refractivity contribution is 5.88. The van der Waals surface area contributed by atoms with Gasteiger partial charge in [-0.05, 0) is 17.5 Å². The fourth-order valence-corrected chi connectivity index (χ4v) is 3.22. The molecule has 1 aliphatic heterocycles. The molecule has 0 unspecified atom stereocenters. The molecule has 1 saturated heterocycles. The summed E-state index contributed by atoms with van der Waals surface area (Å²) in [5, 5.41) is 2.96. The number of rotatable bonds is 7. The van der Waals surface area contributed by atoms with E-state index >= 15 is 0 Å². The molecular formula is C22H26N2O3. The van der Waals surface area contributed by atoms with Crippen LogP contribution in [0.5, 0.6) is 0 Å². The number of hydrogen-bond acceptors (Lipinski definition) is 3. The van der Waals surface area contributed by atoms with E-state index in [9.17, 15) is 9.59 Å². The van der Waals surface area contributed by atoms with Crippen LogP contribution in [-0.2, 0) is 27.2 Å². The Kier molecular flexibility index (Phi) is 6.99. The largest absolute Gasteiger partial charge is 0.378 e. The summed E-state index contributed by atoms with van der Waals surface area (Å²) in [7, 11) is 0. The number of ether oxygens (including phenoxy) is 1. The normalized spacial score (nSPS) is 15.2. The van der Waals surface area contributed by atoms with Crippen LogP contribution in [0, 0.1) is 0 Å². The number of carbonyl (C=O) groups excluding carboxylic acids is 2. The summed E-state index contributed by atoms with van der Waals surface area (Å²) < 4.78 is 5.34. The molecule has 142 valence electrons. The lowest BCUT2D eigenvalue weighted by molar-refractivity contribution is -0.139. The van der Waals surface area contributed by atoms with Crippen molar-refractivity contribution in [3.63, 3.8) is 0 Å². The van der Waals surface area contributed by atoms with E-state index < -0.39 is 6.04 Å². The zero-order valence-corrected chi connectivity index (χ0v) is 15.5. The van der Waals surface area contributed by atoms with Crippen molar-refractivity contribution in [3.8, 4) is 0 Å². The lowest BCUT2D eigenvalue weighted by Gasteiger charge is -2.31. The Bertz CT molecular complexity index is 728. The smallest absolute Gasteiger partial charge is 0.245 e. The van der Waals surface area contributed by atoms with Gasteiger partial charge in [0.1, 0.15) is 6.04 Å². The number of nitrogens with zero attached hydrogens (tertiary/aromatic N) is 1. The second-order valence-electron chi connectivity index (χ2n) is 6.73. The Morgan fingerprint density at radius 1 is 0.926 bits per heavy atom. The Hall–Kier alpha value is -2.66. The van der Waals surface area contributed by atoms with Gasteiger partial charge in [-0.1, -0.05) is 60.7 Å². The van der Waals surface area contributed by atoms with Crippen LogP contribution in [0.15, 0.2) is 60.7 Å². The Morgan fingerprint density at radius 3 is 2.15 bits per heavy atom. The molecule has 0 spiro atoms. The maximum atomic E-state index is 13.0. The fourth-order valence-electron chi connectivity index (χ4n) is 3.22. The SMILES string of the molecule is O=C(CCc1ccccc1)N[C@@H](Cc1ccccc1)C(=O)N1CCOCC1. The zero-order chi connectivity index (χ0) is 18.9. The average Bonchev–Trinajstić information content (AvgIpc) is 2.73. The van der Waals surface area contributed by atoms with Gasteiger partial charge in [-0.25, -0.2) is 0 Å². The van der Waals surface area contributed by atoms with Gasteiger partial charge in [-0.3, -0.25) is 9.59 Å². The van der Waals surface area contributed by atoms with Gasteiger partial charge in [0.25, 0.3) is 0 Å². The molecule has 0 saturated carbocycles. The van der Waals surface area contributed by atoms with Gasteiger partial charge in [0.15, 0.2) is 0 Å². The van der Waals surface area contributed by atoms with Crippen molar-refractivity contribution in [2.24, 2.45) is 0 Å². The third-order valence-corrected chi connectivity index (χ3v) is 4.72. The number of amides is 2. The molecule has 0 aliphatic carbocycles. The summed E-state index contributed by atoms with van der Waals surface area (Å²) in [6.07, 6.45) is 1.52. The highest BCUT2D eigenvalue weighted by atomic mass is 16.5. The molecule has 27 heavy (non-hydrogen) atoms. The van der Waals surface area contributed by atoms with Crippen molar-refractivity contribution >= 4 is 11.8 Å². The van der Waals surface area contributed by atoms with Gasteiger partial charge in [-0.15, -0.1) is 0 Å². The summed E-state index contributed by atoms with van der Waals surface area (Å²) >= 11 is 0.